The van der Waals surface area contributed by atoms with Gasteiger partial charge in [-0.2, -0.15) is 4.31 Å². The maximum absolute atomic E-state index is 13.0. The van der Waals surface area contributed by atoms with E-state index < -0.39 is 10.0 Å². The summed E-state index contributed by atoms with van der Waals surface area (Å²) in [7, 11) is -3.52. The normalized spacial score (nSPS) is 15.8. The first-order valence-corrected chi connectivity index (χ1v) is 9.49. The van der Waals surface area contributed by atoms with E-state index in [1.54, 1.807) is 28.6 Å². The maximum Gasteiger partial charge on any atom is 0.243 e. The third-order valence-corrected chi connectivity index (χ3v) is 5.91. The van der Waals surface area contributed by atoms with E-state index >= 15 is 0 Å². The van der Waals surface area contributed by atoms with Gasteiger partial charge < -0.3 is 10.6 Å². The van der Waals surface area contributed by atoms with Gasteiger partial charge in [0.2, 0.25) is 15.9 Å². The third kappa shape index (κ3) is 5.17. The highest BCUT2D eigenvalue weighted by Crippen LogP contribution is 2.24. The number of hydrogen-bond acceptors (Lipinski definition) is 4. The molecule has 1 aliphatic heterocycles. The van der Waals surface area contributed by atoms with Gasteiger partial charge in [0.05, 0.1) is 4.90 Å². The van der Waals surface area contributed by atoms with Crippen LogP contribution in [0.5, 0.6) is 0 Å². The Morgan fingerprint density at radius 2 is 1.83 bits per heavy atom. The summed E-state index contributed by atoms with van der Waals surface area (Å²) in [5, 5.41) is 5.91. The molecule has 0 bridgehead atoms. The van der Waals surface area contributed by atoms with Crippen LogP contribution in [-0.4, -0.2) is 44.3 Å². The fourth-order valence-corrected chi connectivity index (χ4v) is 4.64. The first-order valence-electron chi connectivity index (χ1n) is 8.05. The summed E-state index contributed by atoms with van der Waals surface area (Å²) in [6.45, 7) is 5.64. The second-order valence-corrected chi connectivity index (χ2v) is 7.69. The molecule has 0 spiro atoms. The second kappa shape index (κ2) is 9.36. The van der Waals surface area contributed by atoms with Gasteiger partial charge in [0.25, 0.3) is 0 Å². The number of anilines is 1. The molecule has 8 heteroatoms. The lowest BCUT2D eigenvalue weighted by Crippen LogP contribution is -2.46. The first-order chi connectivity index (χ1) is 10.9. The number of sulfonamides is 1. The first kappa shape index (κ1) is 20.9. The summed E-state index contributed by atoms with van der Waals surface area (Å²) in [5.74, 6) is -0.178. The smallest absolute Gasteiger partial charge is 0.243 e. The maximum atomic E-state index is 13.0. The lowest BCUT2D eigenvalue weighted by Gasteiger charge is -2.33. The van der Waals surface area contributed by atoms with E-state index in [-0.39, 0.29) is 29.3 Å². The topological polar surface area (TPSA) is 78.5 Å². The van der Waals surface area contributed by atoms with Crippen molar-refractivity contribution in [3.05, 3.63) is 24.3 Å². The van der Waals surface area contributed by atoms with Crippen LogP contribution in [0, 0.1) is 0 Å². The molecule has 1 saturated heterocycles. The Bertz CT molecular complexity index is 628. The largest absolute Gasteiger partial charge is 0.326 e. The highest BCUT2D eigenvalue weighted by Gasteiger charge is 2.31. The molecule has 24 heavy (non-hydrogen) atoms. The Balaban J connectivity index is 0.00000288. The molecule has 1 amide bonds. The van der Waals surface area contributed by atoms with E-state index in [0.29, 0.717) is 12.2 Å². The van der Waals surface area contributed by atoms with Gasteiger partial charge >= 0.3 is 0 Å². The van der Waals surface area contributed by atoms with Crippen molar-refractivity contribution >= 4 is 34.0 Å². The van der Waals surface area contributed by atoms with Crippen LogP contribution in [-0.2, 0) is 14.8 Å². The summed E-state index contributed by atoms with van der Waals surface area (Å²) in [6.07, 6.45) is 2.46. The van der Waals surface area contributed by atoms with E-state index in [0.717, 1.165) is 32.4 Å². The Hall–Kier alpha value is -1.15. The van der Waals surface area contributed by atoms with E-state index in [1.165, 1.54) is 6.92 Å². The summed E-state index contributed by atoms with van der Waals surface area (Å²) >= 11 is 0. The molecular formula is C16H26ClN3O3S. The molecule has 136 valence electrons. The molecule has 2 N–H and O–H groups in total. The summed E-state index contributed by atoms with van der Waals surface area (Å²) in [4.78, 5) is 11.3. The zero-order valence-corrected chi connectivity index (χ0v) is 15.8. The van der Waals surface area contributed by atoms with Crippen LogP contribution in [0.4, 0.5) is 5.69 Å². The minimum Gasteiger partial charge on any atom is -0.326 e. The van der Waals surface area contributed by atoms with Crippen LogP contribution in [0.25, 0.3) is 0 Å². The quantitative estimate of drug-likeness (QED) is 0.799. The van der Waals surface area contributed by atoms with Crippen LogP contribution in [0.15, 0.2) is 29.2 Å². The number of nitrogens with zero attached hydrogens (tertiary/aromatic N) is 1. The van der Waals surface area contributed by atoms with E-state index in [1.807, 2.05) is 6.92 Å². The fourth-order valence-electron chi connectivity index (χ4n) is 2.86. The lowest BCUT2D eigenvalue weighted by molar-refractivity contribution is -0.114. The number of halogens is 1. The van der Waals surface area contributed by atoms with Crippen molar-refractivity contribution in [2.24, 2.45) is 0 Å². The van der Waals surface area contributed by atoms with Crippen molar-refractivity contribution in [2.45, 2.75) is 44.0 Å². The molecule has 0 atom stereocenters. The van der Waals surface area contributed by atoms with Crippen LogP contribution >= 0.6 is 12.4 Å². The van der Waals surface area contributed by atoms with Crippen molar-refractivity contribution in [3.8, 4) is 0 Å². The molecule has 1 aromatic carbocycles. The Morgan fingerprint density at radius 3 is 2.33 bits per heavy atom. The van der Waals surface area contributed by atoms with Gasteiger partial charge in [-0.1, -0.05) is 6.92 Å². The van der Waals surface area contributed by atoms with Crippen molar-refractivity contribution in [2.75, 3.05) is 25.0 Å². The fraction of sp³-hybridized carbons (Fsp3) is 0.562. The number of benzene rings is 1. The van der Waals surface area contributed by atoms with E-state index in [2.05, 4.69) is 10.6 Å². The predicted octanol–water partition coefficient (Wildman–Crippen LogP) is 2.22. The zero-order chi connectivity index (χ0) is 16.9. The van der Waals surface area contributed by atoms with Crippen LogP contribution in [0.3, 0.4) is 0 Å². The predicted molar refractivity (Wildman–Crippen MR) is 98.1 cm³/mol. The lowest BCUT2D eigenvalue weighted by atomic mass is 10.1. The van der Waals surface area contributed by atoms with Gasteiger partial charge in [0, 0.05) is 25.2 Å². The van der Waals surface area contributed by atoms with Crippen molar-refractivity contribution in [1.29, 1.82) is 0 Å². The summed E-state index contributed by atoms with van der Waals surface area (Å²) in [5.41, 5.74) is 0.598. The Morgan fingerprint density at radius 1 is 1.25 bits per heavy atom. The van der Waals surface area contributed by atoms with Crippen molar-refractivity contribution in [3.63, 3.8) is 0 Å². The molecule has 1 aliphatic rings. The monoisotopic (exact) mass is 375 g/mol. The van der Waals surface area contributed by atoms with Crippen LogP contribution in [0.2, 0.25) is 0 Å². The minimum atomic E-state index is -3.52. The van der Waals surface area contributed by atoms with Crippen LogP contribution in [0.1, 0.15) is 33.1 Å². The van der Waals surface area contributed by atoms with Crippen molar-refractivity contribution in [1.82, 2.24) is 9.62 Å². The molecule has 1 heterocycles. The number of nitrogens with one attached hydrogen (secondary N) is 2. The molecule has 1 aromatic rings. The highest BCUT2D eigenvalue weighted by atomic mass is 35.5. The van der Waals surface area contributed by atoms with Gasteiger partial charge in [-0.3, -0.25) is 4.79 Å². The SMILES string of the molecule is CCCN(C1CCNCC1)S(=O)(=O)c1ccc(NC(C)=O)cc1.Cl. The van der Waals surface area contributed by atoms with Crippen LogP contribution < -0.4 is 10.6 Å². The molecule has 0 aliphatic carbocycles. The number of rotatable bonds is 6. The van der Waals surface area contributed by atoms with Gasteiger partial charge in [-0.15, -0.1) is 12.4 Å². The Kier molecular flexibility index (Phi) is 8.15. The standard InChI is InChI=1S/C16H25N3O3S.ClH/c1-3-12-19(15-8-10-17-11-9-15)23(21,22)16-6-4-14(5-7-16)18-13(2)20;/h4-7,15,17H,3,8-12H2,1-2H3,(H,18,20);1H. The van der Waals surface area contributed by atoms with Crippen molar-refractivity contribution < 1.29 is 13.2 Å². The average molecular weight is 376 g/mol. The number of piperidine rings is 1. The number of amides is 1. The Labute approximate surface area is 150 Å². The van der Waals surface area contributed by atoms with Gasteiger partial charge in [0.1, 0.15) is 0 Å². The highest BCUT2D eigenvalue weighted by molar-refractivity contribution is 7.89. The number of carbonyl (C=O) groups is 1. The van der Waals surface area contributed by atoms with Gasteiger partial charge in [-0.05, 0) is 56.6 Å². The molecule has 0 unspecified atom stereocenters. The molecule has 2 rings (SSSR count). The average Bonchev–Trinajstić information content (AvgIpc) is 2.53. The molecule has 6 nitrogen and oxygen atoms in total. The molecular weight excluding hydrogens is 350 g/mol. The van der Waals surface area contributed by atoms with Gasteiger partial charge in [0.15, 0.2) is 0 Å². The second-order valence-electron chi connectivity index (χ2n) is 5.80. The van der Waals surface area contributed by atoms with Gasteiger partial charge in [-0.25, -0.2) is 8.42 Å². The molecule has 1 fully saturated rings. The molecule has 0 aromatic heterocycles. The summed E-state index contributed by atoms with van der Waals surface area (Å²) in [6, 6.07) is 6.42. The number of carbonyl (C=O) groups excluding carboxylic acids is 1. The zero-order valence-electron chi connectivity index (χ0n) is 14.1. The molecule has 0 saturated carbocycles. The number of hydrogen-bond donors (Lipinski definition) is 2. The molecule has 0 radical (unpaired) electrons. The van der Waals surface area contributed by atoms with E-state index in [9.17, 15) is 13.2 Å². The minimum absolute atomic E-state index is 0. The summed E-state index contributed by atoms with van der Waals surface area (Å²) < 4.78 is 27.6. The third-order valence-electron chi connectivity index (χ3n) is 3.94. The van der Waals surface area contributed by atoms with E-state index in [4.69, 9.17) is 0 Å².